The number of carbonyl (C=O) groups excluding carboxylic acids is 1. The number of nitrogens with two attached hydrogens (primary N) is 1. The maximum atomic E-state index is 13.8. The topological polar surface area (TPSA) is 46.3 Å². The number of carbonyl (C=O) groups is 1. The second kappa shape index (κ2) is 5.54. The molecule has 2 N–H and O–H groups in total. The molecule has 0 aliphatic carbocycles. The number of likely N-dealkylation sites (tertiary alicyclic amines) is 1. The summed E-state index contributed by atoms with van der Waals surface area (Å²) in [7, 11) is 0. The highest BCUT2D eigenvalue weighted by atomic mass is 79.9. The summed E-state index contributed by atoms with van der Waals surface area (Å²) >= 11 is 2.99. The summed E-state index contributed by atoms with van der Waals surface area (Å²) in [6.07, 6.45) is 1.29. The Kier molecular flexibility index (Phi) is 4.20. The van der Waals surface area contributed by atoms with Crippen molar-refractivity contribution in [1.29, 1.82) is 0 Å². The van der Waals surface area contributed by atoms with E-state index in [1.165, 1.54) is 4.90 Å². The Morgan fingerprint density at radius 3 is 2.53 bits per heavy atom. The van der Waals surface area contributed by atoms with Gasteiger partial charge in [-0.05, 0) is 31.9 Å². The number of benzene rings is 1. The van der Waals surface area contributed by atoms with Crippen molar-refractivity contribution in [3.63, 3.8) is 0 Å². The Hall–Kier alpha value is -1.01. The highest BCUT2D eigenvalue weighted by Gasteiger charge is 2.31. The zero-order valence-electron chi connectivity index (χ0n) is 10.5. The SMILES string of the molecule is CC1CC(N)CCN1C(=O)c1c(F)cc(Br)cc1F. The van der Waals surface area contributed by atoms with Crippen molar-refractivity contribution in [1.82, 2.24) is 4.90 Å². The quantitative estimate of drug-likeness (QED) is 0.859. The molecule has 3 nitrogen and oxygen atoms in total. The highest BCUT2D eigenvalue weighted by Crippen LogP contribution is 2.24. The lowest BCUT2D eigenvalue weighted by molar-refractivity contribution is 0.0609. The van der Waals surface area contributed by atoms with Gasteiger partial charge in [-0.15, -0.1) is 0 Å². The number of amides is 1. The molecule has 1 aromatic carbocycles. The lowest BCUT2D eigenvalue weighted by atomic mass is 9.98. The van der Waals surface area contributed by atoms with Crippen LogP contribution in [-0.4, -0.2) is 29.4 Å². The molecule has 6 heteroatoms. The van der Waals surface area contributed by atoms with Crippen molar-refractivity contribution in [3.8, 4) is 0 Å². The molecule has 0 aromatic heterocycles. The molecule has 104 valence electrons. The molecule has 1 amide bonds. The summed E-state index contributed by atoms with van der Waals surface area (Å²) < 4.78 is 27.8. The van der Waals surface area contributed by atoms with Crippen LogP contribution < -0.4 is 5.73 Å². The summed E-state index contributed by atoms with van der Waals surface area (Å²) in [6.45, 7) is 2.27. The molecule has 2 rings (SSSR count). The Morgan fingerprint density at radius 2 is 2.00 bits per heavy atom. The standard InChI is InChI=1S/C13H15BrF2N2O/c1-7-4-9(17)2-3-18(7)13(19)12-10(15)5-8(14)6-11(12)16/h5-7,9H,2-4,17H2,1H3. The molecule has 0 bridgehead atoms. The van der Waals surface area contributed by atoms with Crippen molar-refractivity contribution in [2.45, 2.75) is 31.8 Å². The van der Waals surface area contributed by atoms with E-state index < -0.39 is 23.1 Å². The van der Waals surface area contributed by atoms with E-state index in [0.29, 0.717) is 19.4 Å². The van der Waals surface area contributed by atoms with Crippen molar-refractivity contribution in [2.75, 3.05) is 6.54 Å². The smallest absolute Gasteiger partial charge is 0.260 e. The van der Waals surface area contributed by atoms with Gasteiger partial charge in [-0.25, -0.2) is 8.78 Å². The van der Waals surface area contributed by atoms with Gasteiger partial charge in [0.25, 0.3) is 5.91 Å². The fourth-order valence-corrected chi connectivity index (χ4v) is 2.80. The molecule has 2 atom stereocenters. The van der Waals surface area contributed by atoms with Gasteiger partial charge in [0.2, 0.25) is 0 Å². The first kappa shape index (κ1) is 14.4. The number of hydrogen-bond acceptors (Lipinski definition) is 2. The third-order valence-corrected chi connectivity index (χ3v) is 3.86. The third-order valence-electron chi connectivity index (χ3n) is 3.40. The van der Waals surface area contributed by atoms with E-state index in [1.54, 1.807) is 0 Å². The van der Waals surface area contributed by atoms with Crippen molar-refractivity contribution in [2.24, 2.45) is 5.73 Å². The van der Waals surface area contributed by atoms with E-state index in [4.69, 9.17) is 5.73 Å². The van der Waals surface area contributed by atoms with Gasteiger partial charge in [0.1, 0.15) is 17.2 Å². The van der Waals surface area contributed by atoms with Crippen LogP contribution in [0.2, 0.25) is 0 Å². The summed E-state index contributed by atoms with van der Waals surface area (Å²) in [4.78, 5) is 13.7. The normalized spacial score (nSPS) is 23.5. The maximum Gasteiger partial charge on any atom is 0.260 e. The molecule has 1 heterocycles. The van der Waals surface area contributed by atoms with Crippen LogP contribution in [0.25, 0.3) is 0 Å². The van der Waals surface area contributed by atoms with Gasteiger partial charge < -0.3 is 10.6 Å². The minimum atomic E-state index is -0.848. The van der Waals surface area contributed by atoms with Crippen LogP contribution in [0.1, 0.15) is 30.1 Å². The molecule has 1 saturated heterocycles. The molecule has 0 radical (unpaired) electrons. The van der Waals surface area contributed by atoms with E-state index in [1.807, 2.05) is 6.92 Å². The first-order valence-corrected chi connectivity index (χ1v) is 6.90. The molecular formula is C13H15BrF2N2O. The van der Waals surface area contributed by atoms with Crippen LogP contribution in [0.4, 0.5) is 8.78 Å². The molecule has 2 unspecified atom stereocenters. The van der Waals surface area contributed by atoms with Crippen LogP contribution >= 0.6 is 15.9 Å². The molecule has 1 fully saturated rings. The second-order valence-corrected chi connectivity index (χ2v) is 5.79. The predicted octanol–water partition coefficient (Wildman–Crippen LogP) is 2.68. The zero-order valence-corrected chi connectivity index (χ0v) is 12.1. The van der Waals surface area contributed by atoms with Gasteiger partial charge >= 0.3 is 0 Å². The number of halogens is 3. The number of nitrogens with zero attached hydrogens (tertiary/aromatic N) is 1. The van der Waals surface area contributed by atoms with Crippen LogP contribution in [0.3, 0.4) is 0 Å². The largest absolute Gasteiger partial charge is 0.336 e. The lowest BCUT2D eigenvalue weighted by Gasteiger charge is -2.36. The van der Waals surface area contributed by atoms with Crippen molar-refractivity contribution in [3.05, 3.63) is 33.8 Å². The summed E-state index contributed by atoms with van der Waals surface area (Å²) in [5.74, 6) is -2.31. The van der Waals surface area contributed by atoms with E-state index in [2.05, 4.69) is 15.9 Å². The Balaban J connectivity index is 2.30. The minimum absolute atomic E-state index is 0.0404. The molecule has 1 aliphatic rings. The fourth-order valence-electron chi connectivity index (χ4n) is 2.40. The first-order valence-electron chi connectivity index (χ1n) is 6.11. The third kappa shape index (κ3) is 2.95. The van der Waals surface area contributed by atoms with E-state index in [-0.39, 0.29) is 16.6 Å². The highest BCUT2D eigenvalue weighted by molar-refractivity contribution is 9.10. The number of rotatable bonds is 1. The predicted molar refractivity (Wildman–Crippen MR) is 71.8 cm³/mol. The monoisotopic (exact) mass is 332 g/mol. The Labute approximate surface area is 118 Å². The molecule has 1 aromatic rings. The molecule has 19 heavy (non-hydrogen) atoms. The van der Waals surface area contributed by atoms with Gasteiger partial charge in [-0.3, -0.25) is 4.79 Å². The van der Waals surface area contributed by atoms with Crippen LogP contribution in [-0.2, 0) is 0 Å². The van der Waals surface area contributed by atoms with E-state index >= 15 is 0 Å². The second-order valence-electron chi connectivity index (χ2n) is 4.88. The van der Waals surface area contributed by atoms with Gasteiger partial charge in [-0.2, -0.15) is 0 Å². The maximum absolute atomic E-state index is 13.8. The Morgan fingerprint density at radius 1 is 1.42 bits per heavy atom. The number of hydrogen-bond donors (Lipinski definition) is 1. The van der Waals surface area contributed by atoms with Gasteiger partial charge in [0.15, 0.2) is 0 Å². The zero-order chi connectivity index (χ0) is 14.2. The fraction of sp³-hybridized carbons (Fsp3) is 0.462. The summed E-state index contributed by atoms with van der Waals surface area (Å²) in [6, 6.07) is 2.12. The first-order chi connectivity index (χ1) is 8.90. The van der Waals surface area contributed by atoms with Crippen LogP contribution in [0.15, 0.2) is 16.6 Å². The van der Waals surface area contributed by atoms with Gasteiger partial charge in [-0.1, -0.05) is 15.9 Å². The van der Waals surface area contributed by atoms with Crippen LogP contribution in [0, 0.1) is 11.6 Å². The van der Waals surface area contributed by atoms with E-state index in [9.17, 15) is 13.6 Å². The van der Waals surface area contributed by atoms with Gasteiger partial charge in [0.05, 0.1) is 0 Å². The minimum Gasteiger partial charge on any atom is -0.336 e. The average molecular weight is 333 g/mol. The van der Waals surface area contributed by atoms with Gasteiger partial charge in [0, 0.05) is 23.1 Å². The number of piperidine rings is 1. The van der Waals surface area contributed by atoms with Crippen LogP contribution in [0.5, 0.6) is 0 Å². The molecule has 0 spiro atoms. The average Bonchev–Trinajstić information content (AvgIpc) is 2.26. The Bertz CT molecular complexity index is 486. The molecule has 1 aliphatic heterocycles. The molecular weight excluding hydrogens is 318 g/mol. The lowest BCUT2D eigenvalue weighted by Crippen LogP contribution is -2.48. The van der Waals surface area contributed by atoms with Crippen molar-refractivity contribution >= 4 is 21.8 Å². The molecule has 0 saturated carbocycles. The summed E-state index contributed by atoms with van der Waals surface area (Å²) in [5.41, 5.74) is 5.32. The van der Waals surface area contributed by atoms with Crippen molar-refractivity contribution < 1.29 is 13.6 Å². The summed E-state index contributed by atoms with van der Waals surface area (Å²) in [5, 5.41) is 0. The van der Waals surface area contributed by atoms with E-state index in [0.717, 1.165) is 12.1 Å².